The number of aliphatic hydroxyl groups is 1. The molecule has 1 aliphatic rings. The van der Waals surface area contributed by atoms with Crippen LogP contribution in [0.2, 0.25) is 0 Å². The molecule has 90 valence electrons. The molecule has 0 unspecified atom stereocenters. The minimum atomic E-state index is -0.409. The van der Waals surface area contributed by atoms with Crippen LogP contribution in [0.5, 0.6) is 0 Å². The first-order chi connectivity index (χ1) is 7.74. The standard InChI is InChI=1S/C12H21N3O/c1-3-15-9-5-4-6-11(15)12(16)10-7-8-13-14(10)2/h7-8,11-12,16H,3-6,9H2,1-2H3/t11-,12-/m1/s1. The molecule has 1 aromatic rings. The fraction of sp³-hybridized carbons (Fsp3) is 0.750. The van der Waals surface area contributed by atoms with Crippen LogP contribution in [0.15, 0.2) is 12.3 Å². The molecule has 0 saturated carbocycles. The average Bonchev–Trinajstić information content (AvgIpc) is 2.74. The summed E-state index contributed by atoms with van der Waals surface area (Å²) < 4.78 is 1.77. The fourth-order valence-electron chi connectivity index (χ4n) is 2.64. The predicted molar refractivity (Wildman–Crippen MR) is 63.1 cm³/mol. The molecule has 0 aromatic carbocycles. The highest BCUT2D eigenvalue weighted by molar-refractivity contribution is 5.07. The summed E-state index contributed by atoms with van der Waals surface area (Å²) in [6, 6.07) is 2.17. The molecule has 1 N–H and O–H groups in total. The molecule has 2 rings (SSSR count). The molecule has 4 nitrogen and oxygen atoms in total. The molecule has 1 fully saturated rings. The Hall–Kier alpha value is -0.870. The second-order valence-electron chi connectivity index (χ2n) is 4.52. The summed E-state index contributed by atoms with van der Waals surface area (Å²) in [5, 5.41) is 14.5. The van der Waals surface area contributed by atoms with Crippen LogP contribution in [0.25, 0.3) is 0 Å². The minimum Gasteiger partial charge on any atom is -0.385 e. The van der Waals surface area contributed by atoms with Gasteiger partial charge in [-0.2, -0.15) is 5.10 Å². The number of rotatable bonds is 3. The van der Waals surface area contributed by atoms with Crippen LogP contribution in [0.4, 0.5) is 0 Å². The molecule has 0 radical (unpaired) electrons. The van der Waals surface area contributed by atoms with Crippen molar-refractivity contribution in [1.29, 1.82) is 0 Å². The molecular formula is C12H21N3O. The Morgan fingerprint density at radius 3 is 3.00 bits per heavy atom. The summed E-state index contributed by atoms with van der Waals surface area (Å²) in [6.45, 7) is 4.28. The highest BCUT2D eigenvalue weighted by Gasteiger charge is 2.29. The maximum Gasteiger partial charge on any atom is 0.111 e. The normalized spacial score (nSPS) is 24.6. The van der Waals surface area contributed by atoms with Gasteiger partial charge in [0.15, 0.2) is 0 Å². The molecule has 0 spiro atoms. The molecule has 1 aromatic heterocycles. The number of likely N-dealkylation sites (tertiary alicyclic amines) is 1. The lowest BCUT2D eigenvalue weighted by Crippen LogP contribution is -2.43. The summed E-state index contributed by atoms with van der Waals surface area (Å²) >= 11 is 0. The molecular weight excluding hydrogens is 202 g/mol. The van der Waals surface area contributed by atoms with Gasteiger partial charge in [-0.15, -0.1) is 0 Å². The van der Waals surface area contributed by atoms with Crippen molar-refractivity contribution in [2.75, 3.05) is 13.1 Å². The Morgan fingerprint density at radius 1 is 1.56 bits per heavy atom. The van der Waals surface area contributed by atoms with Gasteiger partial charge in [0.1, 0.15) is 6.10 Å². The lowest BCUT2D eigenvalue weighted by Gasteiger charge is -2.37. The van der Waals surface area contributed by atoms with Crippen molar-refractivity contribution in [3.63, 3.8) is 0 Å². The second kappa shape index (κ2) is 4.97. The number of piperidine rings is 1. The minimum absolute atomic E-state index is 0.258. The number of hydrogen-bond donors (Lipinski definition) is 1. The number of likely N-dealkylation sites (N-methyl/N-ethyl adjacent to an activating group) is 1. The zero-order valence-electron chi connectivity index (χ0n) is 10.1. The topological polar surface area (TPSA) is 41.3 Å². The van der Waals surface area contributed by atoms with E-state index in [0.717, 1.165) is 25.2 Å². The van der Waals surface area contributed by atoms with Crippen molar-refractivity contribution < 1.29 is 5.11 Å². The zero-order valence-corrected chi connectivity index (χ0v) is 10.1. The van der Waals surface area contributed by atoms with Gasteiger partial charge in [0.05, 0.1) is 5.69 Å². The van der Waals surface area contributed by atoms with Gasteiger partial charge in [-0.05, 0) is 32.0 Å². The van der Waals surface area contributed by atoms with Gasteiger partial charge < -0.3 is 5.11 Å². The molecule has 0 aliphatic carbocycles. The Balaban J connectivity index is 2.13. The molecule has 4 heteroatoms. The van der Waals surface area contributed by atoms with Crippen molar-refractivity contribution in [1.82, 2.24) is 14.7 Å². The number of aryl methyl sites for hydroxylation is 1. The van der Waals surface area contributed by atoms with E-state index in [4.69, 9.17) is 0 Å². The number of aromatic nitrogens is 2. The van der Waals surface area contributed by atoms with Gasteiger partial charge in [-0.1, -0.05) is 13.3 Å². The molecule has 1 aliphatic heterocycles. The SMILES string of the molecule is CCN1CCCC[C@@H]1[C@H](O)c1ccnn1C. The highest BCUT2D eigenvalue weighted by Crippen LogP contribution is 2.27. The molecule has 2 atom stereocenters. The maximum atomic E-state index is 10.4. The molecule has 0 amide bonds. The van der Waals surface area contributed by atoms with Crippen LogP contribution in [-0.4, -0.2) is 38.9 Å². The summed E-state index contributed by atoms with van der Waals surface area (Å²) in [6.07, 6.45) is 4.89. The van der Waals surface area contributed by atoms with Crippen LogP contribution in [0.1, 0.15) is 38.0 Å². The summed E-state index contributed by atoms with van der Waals surface area (Å²) in [4.78, 5) is 2.38. The highest BCUT2D eigenvalue weighted by atomic mass is 16.3. The van der Waals surface area contributed by atoms with Crippen LogP contribution in [0, 0.1) is 0 Å². The molecule has 16 heavy (non-hydrogen) atoms. The van der Waals surface area contributed by atoms with Crippen molar-refractivity contribution in [2.45, 2.75) is 38.3 Å². The maximum absolute atomic E-state index is 10.4. The Bertz CT molecular complexity index is 337. The summed E-state index contributed by atoms with van der Waals surface area (Å²) in [5.74, 6) is 0. The van der Waals surface area contributed by atoms with E-state index in [-0.39, 0.29) is 6.04 Å². The van der Waals surface area contributed by atoms with Crippen molar-refractivity contribution in [3.05, 3.63) is 18.0 Å². The van der Waals surface area contributed by atoms with Crippen molar-refractivity contribution in [2.24, 2.45) is 7.05 Å². The number of nitrogens with zero attached hydrogens (tertiary/aromatic N) is 3. The van der Waals surface area contributed by atoms with Crippen LogP contribution in [-0.2, 0) is 7.05 Å². The van der Waals surface area contributed by atoms with Gasteiger partial charge in [0.25, 0.3) is 0 Å². The largest absolute Gasteiger partial charge is 0.385 e. The van der Waals surface area contributed by atoms with Gasteiger partial charge in [0.2, 0.25) is 0 Å². The van der Waals surface area contributed by atoms with Crippen LogP contribution in [0.3, 0.4) is 0 Å². The average molecular weight is 223 g/mol. The van der Waals surface area contributed by atoms with Gasteiger partial charge >= 0.3 is 0 Å². The molecule has 0 bridgehead atoms. The first kappa shape index (κ1) is 11.6. The fourth-order valence-corrected chi connectivity index (χ4v) is 2.64. The van der Waals surface area contributed by atoms with E-state index >= 15 is 0 Å². The smallest absolute Gasteiger partial charge is 0.111 e. The van der Waals surface area contributed by atoms with Gasteiger partial charge in [-0.3, -0.25) is 9.58 Å². The third-order valence-corrected chi connectivity index (χ3v) is 3.60. The Labute approximate surface area is 96.9 Å². The molecule has 1 saturated heterocycles. The lowest BCUT2D eigenvalue weighted by molar-refractivity contribution is 0.0235. The molecule has 2 heterocycles. The third-order valence-electron chi connectivity index (χ3n) is 3.60. The van der Waals surface area contributed by atoms with E-state index in [0.29, 0.717) is 0 Å². The Kier molecular flexibility index (Phi) is 3.61. The number of aliphatic hydroxyl groups excluding tert-OH is 1. The summed E-state index contributed by atoms with van der Waals surface area (Å²) in [7, 11) is 1.89. The van der Waals surface area contributed by atoms with E-state index in [1.54, 1.807) is 10.9 Å². The Morgan fingerprint density at radius 2 is 2.38 bits per heavy atom. The lowest BCUT2D eigenvalue weighted by atomic mass is 9.95. The number of hydrogen-bond acceptors (Lipinski definition) is 3. The second-order valence-corrected chi connectivity index (χ2v) is 4.52. The van der Waals surface area contributed by atoms with Gasteiger partial charge in [-0.25, -0.2) is 0 Å². The van der Waals surface area contributed by atoms with E-state index in [9.17, 15) is 5.11 Å². The van der Waals surface area contributed by atoms with Crippen molar-refractivity contribution >= 4 is 0 Å². The van der Waals surface area contributed by atoms with Gasteiger partial charge in [0, 0.05) is 19.3 Å². The quantitative estimate of drug-likeness (QED) is 0.840. The summed E-state index contributed by atoms with van der Waals surface area (Å²) in [5.41, 5.74) is 0.922. The zero-order chi connectivity index (χ0) is 11.5. The first-order valence-electron chi connectivity index (χ1n) is 6.14. The van der Waals surface area contributed by atoms with E-state index < -0.39 is 6.10 Å². The predicted octanol–water partition coefficient (Wildman–Crippen LogP) is 1.33. The van der Waals surface area contributed by atoms with E-state index in [1.165, 1.54) is 12.8 Å². The first-order valence-corrected chi connectivity index (χ1v) is 6.14. The van der Waals surface area contributed by atoms with Crippen LogP contribution < -0.4 is 0 Å². The van der Waals surface area contributed by atoms with E-state index in [2.05, 4.69) is 16.9 Å². The third kappa shape index (κ3) is 2.13. The van der Waals surface area contributed by atoms with Crippen molar-refractivity contribution in [3.8, 4) is 0 Å². The van der Waals surface area contributed by atoms with E-state index in [1.807, 2.05) is 13.1 Å². The monoisotopic (exact) mass is 223 g/mol. The van der Waals surface area contributed by atoms with Crippen LogP contribution >= 0.6 is 0 Å².